The number of hydrogen-bond donors (Lipinski definition) is 4. The fourth-order valence-corrected chi connectivity index (χ4v) is 8.30. The van der Waals surface area contributed by atoms with Crippen molar-refractivity contribution in [2.24, 2.45) is 17.3 Å². The average Bonchev–Trinajstić information content (AvgIpc) is 3.64. The standard InChI is InChI=1S/C41H59N5O6S/c1-41(2,3)38(48)25-32(23-30-15-8-5-9-16-30)39(49)45-36(26-33-27-42-29-43-33)40(50)44-35(24-31-17-10-6-11-18-31)37(47)28-46(4)21-14-22-53(51,52)34-19-12-7-13-20-34/h5,7-9,12-13,15-16,19-20,27,29,31-32,35-37,47H,6,10-11,14,17-18,21-26,28H2,1-4H3,(H,42,43)(H,44,50)(H,45,49)/t32-,35+,36+,37+/m1/s1. The van der Waals surface area contributed by atoms with Crippen LogP contribution in [0.2, 0.25) is 0 Å². The second kappa shape index (κ2) is 20.0. The van der Waals surface area contributed by atoms with Gasteiger partial charge in [-0.25, -0.2) is 13.4 Å². The Labute approximate surface area is 315 Å². The molecule has 0 spiro atoms. The number of imidazole rings is 1. The summed E-state index contributed by atoms with van der Waals surface area (Å²) in [6.45, 7) is 6.18. The molecule has 0 aliphatic heterocycles. The number of aliphatic hydroxyl groups is 1. The van der Waals surface area contributed by atoms with Crippen LogP contribution in [-0.2, 0) is 37.1 Å². The molecule has 1 aliphatic carbocycles. The van der Waals surface area contributed by atoms with Crippen LogP contribution < -0.4 is 10.6 Å². The molecule has 1 fully saturated rings. The summed E-state index contributed by atoms with van der Waals surface area (Å²) in [6, 6.07) is 16.3. The number of nitrogens with one attached hydrogen (secondary N) is 3. The number of nitrogens with zero attached hydrogens (tertiary/aromatic N) is 2. The normalized spacial score (nSPS) is 16.4. The van der Waals surface area contributed by atoms with E-state index in [1.807, 2.05) is 63.1 Å². The number of hydrogen-bond acceptors (Lipinski definition) is 8. The largest absolute Gasteiger partial charge is 0.390 e. The predicted octanol–water partition coefficient (Wildman–Crippen LogP) is 4.91. The van der Waals surface area contributed by atoms with Crippen molar-refractivity contribution in [3.05, 3.63) is 84.4 Å². The van der Waals surface area contributed by atoms with Crippen LogP contribution in [0.4, 0.5) is 0 Å². The number of sulfone groups is 1. The number of carbonyl (C=O) groups is 3. The van der Waals surface area contributed by atoms with Gasteiger partial charge in [-0.15, -0.1) is 0 Å². The van der Waals surface area contributed by atoms with Gasteiger partial charge < -0.3 is 25.6 Å². The van der Waals surface area contributed by atoms with Gasteiger partial charge in [0.05, 0.1) is 34.8 Å². The first-order chi connectivity index (χ1) is 25.2. The molecule has 1 aromatic heterocycles. The average molecular weight is 750 g/mol. The minimum atomic E-state index is -3.42. The highest BCUT2D eigenvalue weighted by Gasteiger charge is 2.34. The highest BCUT2D eigenvalue weighted by Crippen LogP contribution is 2.28. The van der Waals surface area contributed by atoms with Gasteiger partial charge in [0.25, 0.3) is 0 Å². The summed E-state index contributed by atoms with van der Waals surface area (Å²) in [4.78, 5) is 50.8. The number of benzene rings is 2. The van der Waals surface area contributed by atoms with Crippen molar-refractivity contribution in [3.63, 3.8) is 0 Å². The van der Waals surface area contributed by atoms with Gasteiger partial charge in [0, 0.05) is 36.9 Å². The number of carbonyl (C=O) groups excluding carboxylic acids is 3. The Hall–Kier alpha value is -3.87. The molecular formula is C41H59N5O6S. The van der Waals surface area contributed by atoms with Gasteiger partial charge in [0.15, 0.2) is 9.84 Å². The van der Waals surface area contributed by atoms with Gasteiger partial charge in [-0.2, -0.15) is 0 Å². The molecular weight excluding hydrogens is 691 g/mol. The zero-order valence-electron chi connectivity index (χ0n) is 31.8. The quantitative estimate of drug-likeness (QED) is 0.127. The topological polar surface area (TPSA) is 162 Å². The van der Waals surface area contributed by atoms with E-state index < -0.39 is 51.2 Å². The van der Waals surface area contributed by atoms with Crippen molar-refractivity contribution in [1.82, 2.24) is 25.5 Å². The van der Waals surface area contributed by atoms with Gasteiger partial charge in [0.1, 0.15) is 11.8 Å². The van der Waals surface area contributed by atoms with E-state index in [0.29, 0.717) is 42.3 Å². The Morgan fingerprint density at radius 1 is 0.943 bits per heavy atom. The van der Waals surface area contributed by atoms with E-state index in [1.165, 1.54) is 12.7 Å². The molecule has 4 N–H and O–H groups in total. The maximum Gasteiger partial charge on any atom is 0.243 e. The van der Waals surface area contributed by atoms with Gasteiger partial charge in [0.2, 0.25) is 11.8 Å². The number of ketones is 1. The van der Waals surface area contributed by atoms with E-state index in [9.17, 15) is 27.9 Å². The number of likely N-dealkylation sites (N-methyl/N-ethyl adjacent to an activating group) is 1. The summed E-state index contributed by atoms with van der Waals surface area (Å²) in [7, 11) is -1.58. The lowest BCUT2D eigenvalue weighted by Gasteiger charge is -2.33. The van der Waals surface area contributed by atoms with Crippen molar-refractivity contribution in [2.75, 3.05) is 25.9 Å². The SMILES string of the molecule is CN(CCCS(=O)(=O)c1ccccc1)C[C@H](O)[C@H](CC1CCCCC1)NC(=O)[C@H](Cc1c[nH]cn1)NC(=O)[C@@H](CC(=O)C(C)(C)C)Cc1ccccc1. The summed E-state index contributed by atoms with van der Waals surface area (Å²) in [5.74, 6) is -1.24. The van der Waals surface area contributed by atoms with Crippen LogP contribution in [0.25, 0.3) is 0 Å². The first kappa shape index (κ1) is 41.9. The molecule has 290 valence electrons. The van der Waals surface area contributed by atoms with Crippen LogP contribution in [0.5, 0.6) is 0 Å². The third-order valence-electron chi connectivity index (χ3n) is 10.2. The third-order valence-corrected chi connectivity index (χ3v) is 12.0. The Morgan fingerprint density at radius 2 is 1.60 bits per heavy atom. The smallest absolute Gasteiger partial charge is 0.243 e. The van der Waals surface area contributed by atoms with Crippen molar-refractivity contribution in [1.29, 1.82) is 0 Å². The van der Waals surface area contributed by atoms with E-state index >= 15 is 0 Å². The number of aromatic amines is 1. The summed E-state index contributed by atoms with van der Waals surface area (Å²) in [6.07, 6.45) is 9.13. The fourth-order valence-electron chi connectivity index (χ4n) is 6.98. The summed E-state index contributed by atoms with van der Waals surface area (Å²) >= 11 is 0. The maximum atomic E-state index is 14.2. The van der Waals surface area contributed by atoms with Crippen LogP contribution in [0.15, 0.2) is 78.1 Å². The molecule has 0 saturated heterocycles. The fraction of sp³-hybridized carbons (Fsp3) is 0.561. The molecule has 2 amide bonds. The number of aliphatic hydroxyl groups excluding tert-OH is 1. The lowest BCUT2D eigenvalue weighted by atomic mass is 9.83. The molecule has 0 radical (unpaired) electrons. The zero-order valence-corrected chi connectivity index (χ0v) is 32.6. The first-order valence-electron chi connectivity index (χ1n) is 19.0. The number of H-pyrrole nitrogens is 1. The van der Waals surface area contributed by atoms with Gasteiger partial charge in [-0.1, -0.05) is 101 Å². The summed E-state index contributed by atoms with van der Waals surface area (Å²) < 4.78 is 25.6. The van der Waals surface area contributed by atoms with E-state index in [0.717, 1.165) is 31.2 Å². The molecule has 1 heterocycles. The number of amides is 2. The van der Waals surface area contributed by atoms with Crippen LogP contribution >= 0.6 is 0 Å². The van der Waals surface area contributed by atoms with Crippen molar-refractivity contribution >= 4 is 27.4 Å². The minimum Gasteiger partial charge on any atom is -0.390 e. The number of rotatable bonds is 20. The Bertz CT molecular complexity index is 1670. The maximum absolute atomic E-state index is 14.2. The molecule has 4 atom stereocenters. The molecule has 11 nitrogen and oxygen atoms in total. The Morgan fingerprint density at radius 3 is 2.23 bits per heavy atom. The van der Waals surface area contributed by atoms with E-state index in [-0.39, 0.29) is 30.9 Å². The van der Waals surface area contributed by atoms with E-state index in [4.69, 9.17) is 0 Å². The lowest BCUT2D eigenvalue weighted by Crippen LogP contribution is -2.56. The predicted molar refractivity (Wildman–Crippen MR) is 207 cm³/mol. The molecule has 1 saturated carbocycles. The molecule has 4 rings (SSSR count). The Kier molecular flexibility index (Phi) is 15.8. The van der Waals surface area contributed by atoms with Crippen LogP contribution in [-0.4, -0.2) is 90.1 Å². The van der Waals surface area contributed by atoms with Crippen molar-refractivity contribution in [2.45, 2.75) is 108 Å². The third kappa shape index (κ3) is 13.8. The van der Waals surface area contributed by atoms with Gasteiger partial charge in [-0.3, -0.25) is 14.4 Å². The Balaban J connectivity index is 1.48. The van der Waals surface area contributed by atoms with Crippen LogP contribution in [0.3, 0.4) is 0 Å². The van der Waals surface area contributed by atoms with E-state index in [2.05, 4.69) is 20.6 Å². The van der Waals surface area contributed by atoms with Crippen LogP contribution in [0, 0.1) is 17.3 Å². The number of aromatic nitrogens is 2. The molecule has 1 aliphatic rings. The molecule has 12 heteroatoms. The lowest BCUT2D eigenvalue weighted by molar-refractivity contribution is -0.135. The van der Waals surface area contributed by atoms with Crippen LogP contribution in [0.1, 0.15) is 83.4 Å². The zero-order chi connectivity index (χ0) is 38.4. The monoisotopic (exact) mass is 749 g/mol. The molecule has 3 aromatic rings. The molecule has 0 unspecified atom stereocenters. The van der Waals surface area contributed by atoms with Gasteiger partial charge in [-0.05, 0) is 56.5 Å². The van der Waals surface area contributed by atoms with Gasteiger partial charge >= 0.3 is 0 Å². The first-order valence-corrected chi connectivity index (χ1v) is 20.7. The highest BCUT2D eigenvalue weighted by molar-refractivity contribution is 7.91. The van der Waals surface area contributed by atoms with Crippen molar-refractivity contribution < 1.29 is 27.9 Å². The minimum absolute atomic E-state index is 0.0130. The second-order valence-corrected chi connectivity index (χ2v) is 17.9. The number of Topliss-reactive ketones (excluding diaryl/α,β-unsaturated/α-hetero) is 1. The van der Waals surface area contributed by atoms with Crippen molar-refractivity contribution in [3.8, 4) is 0 Å². The summed E-state index contributed by atoms with van der Waals surface area (Å²) in [5, 5.41) is 17.7. The molecule has 2 aromatic carbocycles. The summed E-state index contributed by atoms with van der Waals surface area (Å²) in [5.41, 5.74) is 0.873. The molecule has 0 bridgehead atoms. The second-order valence-electron chi connectivity index (χ2n) is 15.8. The van der Waals surface area contributed by atoms with E-state index in [1.54, 1.807) is 36.5 Å². The molecule has 53 heavy (non-hydrogen) atoms. The highest BCUT2D eigenvalue weighted by atomic mass is 32.2.